The van der Waals surface area contributed by atoms with Crippen molar-refractivity contribution in [1.82, 2.24) is 4.57 Å². The molecule has 9 heteroatoms. The van der Waals surface area contributed by atoms with E-state index >= 15 is 0 Å². The highest BCUT2D eigenvalue weighted by Crippen LogP contribution is 2.28. The first-order valence-corrected chi connectivity index (χ1v) is 9.78. The Kier molecular flexibility index (Phi) is 4.54. The van der Waals surface area contributed by atoms with E-state index < -0.39 is 20.7 Å². The summed E-state index contributed by atoms with van der Waals surface area (Å²) in [7, 11) is -4.16. The summed E-state index contributed by atoms with van der Waals surface area (Å²) in [6.07, 6.45) is 0. The summed E-state index contributed by atoms with van der Waals surface area (Å²) in [5.74, 6) is -0.980. The topological polar surface area (TPSA) is 82.2 Å². The summed E-state index contributed by atoms with van der Waals surface area (Å²) in [6.45, 7) is 1.84. The SMILES string of the molecule is Cc1ccc(-n2c(-c3ccc(S(N)(=O)=O)c(F)c3)csc2=O)cc1Cl. The molecule has 0 spiro atoms. The number of rotatable bonds is 3. The van der Waals surface area contributed by atoms with E-state index in [9.17, 15) is 17.6 Å². The van der Waals surface area contributed by atoms with Crippen LogP contribution < -0.4 is 10.0 Å². The molecule has 0 aliphatic carbocycles. The second-order valence-electron chi connectivity index (χ2n) is 5.35. The first kappa shape index (κ1) is 17.8. The maximum atomic E-state index is 14.1. The number of nitrogens with zero attached hydrogens (tertiary/aromatic N) is 1. The molecule has 0 saturated heterocycles. The molecule has 0 fully saturated rings. The summed E-state index contributed by atoms with van der Waals surface area (Å²) in [4.78, 5) is 11.4. The largest absolute Gasteiger partial charge is 0.312 e. The number of primary sulfonamides is 1. The van der Waals surface area contributed by atoms with Gasteiger partial charge >= 0.3 is 4.87 Å². The lowest BCUT2D eigenvalue weighted by Gasteiger charge is -2.10. The van der Waals surface area contributed by atoms with E-state index in [-0.39, 0.29) is 4.87 Å². The first-order chi connectivity index (χ1) is 11.7. The second-order valence-corrected chi connectivity index (χ2v) is 8.10. The number of aryl methyl sites for hydroxylation is 1. The predicted molar refractivity (Wildman–Crippen MR) is 96.4 cm³/mol. The molecular formula is C16H12ClFN2O3S2. The molecule has 0 atom stereocenters. The third-order valence-electron chi connectivity index (χ3n) is 3.64. The lowest BCUT2D eigenvalue weighted by Crippen LogP contribution is -2.14. The summed E-state index contributed by atoms with van der Waals surface area (Å²) in [5.41, 5.74) is 2.17. The van der Waals surface area contributed by atoms with Gasteiger partial charge in [0.15, 0.2) is 0 Å². The highest BCUT2D eigenvalue weighted by atomic mass is 35.5. The van der Waals surface area contributed by atoms with Crippen LogP contribution in [0.1, 0.15) is 5.56 Å². The van der Waals surface area contributed by atoms with Crippen molar-refractivity contribution in [2.75, 3.05) is 0 Å². The van der Waals surface area contributed by atoms with Crippen LogP contribution in [0.15, 0.2) is 51.5 Å². The van der Waals surface area contributed by atoms with Gasteiger partial charge in [0.2, 0.25) is 10.0 Å². The maximum Gasteiger partial charge on any atom is 0.312 e. The summed E-state index contributed by atoms with van der Waals surface area (Å²) in [5, 5.41) is 7.04. The van der Waals surface area contributed by atoms with Crippen molar-refractivity contribution in [2.24, 2.45) is 5.14 Å². The van der Waals surface area contributed by atoms with E-state index in [2.05, 4.69) is 0 Å². The molecule has 1 aromatic heterocycles. The normalized spacial score (nSPS) is 11.7. The molecule has 1 heterocycles. The summed E-state index contributed by atoms with van der Waals surface area (Å²) >= 11 is 7.07. The van der Waals surface area contributed by atoms with Crippen molar-refractivity contribution >= 4 is 33.0 Å². The van der Waals surface area contributed by atoms with Crippen molar-refractivity contribution in [2.45, 2.75) is 11.8 Å². The molecule has 3 rings (SSSR count). The van der Waals surface area contributed by atoms with Gasteiger partial charge in [0, 0.05) is 16.0 Å². The molecule has 0 aliphatic rings. The molecule has 0 radical (unpaired) electrons. The lowest BCUT2D eigenvalue weighted by molar-refractivity contribution is 0.568. The Hall–Kier alpha value is -2.00. The van der Waals surface area contributed by atoms with Crippen LogP contribution in [0, 0.1) is 12.7 Å². The van der Waals surface area contributed by atoms with Crippen molar-refractivity contribution in [3.63, 3.8) is 0 Å². The molecule has 5 nitrogen and oxygen atoms in total. The van der Waals surface area contributed by atoms with Gasteiger partial charge < -0.3 is 0 Å². The third kappa shape index (κ3) is 3.38. The average Bonchev–Trinajstić information content (AvgIpc) is 2.90. The van der Waals surface area contributed by atoms with Crippen LogP contribution in [0.4, 0.5) is 4.39 Å². The van der Waals surface area contributed by atoms with Crippen molar-refractivity contribution in [3.8, 4) is 16.9 Å². The zero-order valence-corrected chi connectivity index (χ0v) is 15.3. The van der Waals surface area contributed by atoms with E-state index in [1.165, 1.54) is 10.6 Å². The molecule has 130 valence electrons. The number of aromatic nitrogens is 1. The molecule has 2 aromatic carbocycles. The van der Waals surface area contributed by atoms with Crippen LogP contribution in [0.2, 0.25) is 5.02 Å². The van der Waals surface area contributed by atoms with Gasteiger partial charge in [0.1, 0.15) is 10.7 Å². The summed E-state index contributed by atoms with van der Waals surface area (Å²) < 4.78 is 38.2. The zero-order chi connectivity index (χ0) is 18.4. The standard InChI is InChI=1S/C16H12ClFN2O3S2/c1-9-2-4-11(7-12(9)17)20-14(8-24-16(20)21)10-3-5-15(13(18)6-10)25(19,22)23/h2-8H,1H3,(H2,19,22,23). The number of thiazole rings is 1. The first-order valence-electron chi connectivity index (χ1n) is 6.98. The van der Waals surface area contributed by atoms with Gasteiger partial charge in [-0.05, 0) is 36.8 Å². The van der Waals surface area contributed by atoms with Gasteiger partial charge in [-0.25, -0.2) is 17.9 Å². The van der Waals surface area contributed by atoms with Crippen LogP contribution in [0.25, 0.3) is 16.9 Å². The molecule has 2 N–H and O–H groups in total. The van der Waals surface area contributed by atoms with Crippen LogP contribution in [0.5, 0.6) is 0 Å². The van der Waals surface area contributed by atoms with Gasteiger partial charge in [-0.1, -0.05) is 35.1 Å². The monoisotopic (exact) mass is 398 g/mol. The van der Waals surface area contributed by atoms with Gasteiger partial charge in [0.05, 0.1) is 11.4 Å². The predicted octanol–water partition coefficient (Wildman–Crippen LogP) is 3.31. The number of hydrogen-bond acceptors (Lipinski definition) is 4. The third-order valence-corrected chi connectivity index (χ3v) is 5.72. The van der Waals surface area contributed by atoms with E-state index in [0.29, 0.717) is 22.0 Å². The fraction of sp³-hybridized carbons (Fsp3) is 0.0625. The molecule has 3 aromatic rings. The Balaban J connectivity index is 2.19. The van der Waals surface area contributed by atoms with Crippen molar-refractivity contribution < 1.29 is 12.8 Å². The Morgan fingerprint density at radius 3 is 2.52 bits per heavy atom. The smallest absolute Gasteiger partial charge is 0.267 e. The van der Waals surface area contributed by atoms with E-state index in [4.69, 9.17) is 16.7 Å². The van der Waals surface area contributed by atoms with Gasteiger partial charge in [0.25, 0.3) is 0 Å². The Labute approximate surface area is 152 Å². The van der Waals surface area contributed by atoms with Gasteiger partial charge in [-0.15, -0.1) is 0 Å². The van der Waals surface area contributed by atoms with Crippen molar-refractivity contribution in [1.29, 1.82) is 0 Å². The molecule has 0 amide bonds. The fourth-order valence-electron chi connectivity index (χ4n) is 2.36. The Morgan fingerprint density at radius 2 is 1.92 bits per heavy atom. The Bertz CT molecular complexity index is 1140. The maximum absolute atomic E-state index is 14.1. The lowest BCUT2D eigenvalue weighted by atomic mass is 10.1. The second kappa shape index (κ2) is 6.38. The van der Waals surface area contributed by atoms with Crippen molar-refractivity contribution in [3.05, 3.63) is 67.8 Å². The molecule has 0 aliphatic heterocycles. The number of hydrogen-bond donors (Lipinski definition) is 1. The van der Waals surface area contributed by atoms with E-state index in [0.717, 1.165) is 29.0 Å². The minimum Gasteiger partial charge on any atom is -0.267 e. The fourth-order valence-corrected chi connectivity index (χ4v) is 3.89. The number of benzene rings is 2. The minimum atomic E-state index is -4.16. The van der Waals surface area contributed by atoms with Crippen LogP contribution in [-0.2, 0) is 10.0 Å². The van der Waals surface area contributed by atoms with Gasteiger partial charge in [-0.3, -0.25) is 9.36 Å². The number of nitrogens with two attached hydrogens (primary N) is 1. The minimum absolute atomic E-state index is 0.272. The highest BCUT2D eigenvalue weighted by Gasteiger charge is 2.18. The average molecular weight is 399 g/mol. The number of sulfonamides is 1. The van der Waals surface area contributed by atoms with Crippen LogP contribution in [-0.4, -0.2) is 13.0 Å². The quantitative estimate of drug-likeness (QED) is 0.734. The molecular weight excluding hydrogens is 387 g/mol. The van der Waals surface area contributed by atoms with E-state index in [1.54, 1.807) is 23.6 Å². The molecule has 25 heavy (non-hydrogen) atoms. The summed E-state index contributed by atoms with van der Waals surface area (Å²) in [6, 6.07) is 8.66. The molecule has 0 saturated carbocycles. The number of halogens is 2. The van der Waals surface area contributed by atoms with E-state index in [1.807, 2.05) is 6.92 Å². The van der Waals surface area contributed by atoms with Gasteiger partial charge in [-0.2, -0.15) is 0 Å². The van der Waals surface area contributed by atoms with Crippen LogP contribution in [0.3, 0.4) is 0 Å². The highest BCUT2D eigenvalue weighted by molar-refractivity contribution is 7.89. The zero-order valence-electron chi connectivity index (χ0n) is 12.9. The molecule has 0 unspecified atom stereocenters. The van der Waals surface area contributed by atoms with Crippen LogP contribution >= 0.6 is 22.9 Å². The molecule has 0 bridgehead atoms. The Morgan fingerprint density at radius 1 is 1.20 bits per heavy atom.